The molecule has 0 saturated heterocycles. The van der Waals surface area contributed by atoms with Crippen LogP contribution >= 0.6 is 23.1 Å². The number of aromatic amines is 1. The molecule has 3 aromatic rings. The molecule has 0 aliphatic carbocycles. The molecule has 0 aliphatic heterocycles. The molecule has 0 fully saturated rings. The Morgan fingerprint density at radius 3 is 2.76 bits per heavy atom. The lowest BCUT2D eigenvalue weighted by Gasteiger charge is -2.12. The molecule has 29 heavy (non-hydrogen) atoms. The fourth-order valence-corrected chi connectivity index (χ4v) is 5.05. The molecule has 2 heterocycles. The molecule has 5 nitrogen and oxygen atoms in total. The maximum atomic E-state index is 12.8. The second-order valence-electron chi connectivity index (χ2n) is 7.52. The fourth-order valence-electron chi connectivity index (χ4n) is 3.14. The molecule has 154 valence electrons. The van der Waals surface area contributed by atoms with Crippen LogP contribution in [-0.4, -0.2) is 21.1 Å². The zero-order chi connectivity index (χ0) is 21.1. The van der Waals surface area contributed by atoms with Gasteiger partial charge in [0.05, 0.1) is 10.6 Å². The molecule has 0 bridgehead atoms. The molecule has 7 heteroatoms. The molecular formula is C22H27N3O2S2. The number of aryl methyl sites for hydroxylation is 2. The Bertz CT molecular complexity index is 1090. The van der Waals surface area contributed by atoms with Crippen LogP contribution in [0.1, 0.15) is 43.2 Å². The number of hydrogen-bond donors (Lipinski definition) is 2. The number of fused-ring (bicyclic) bond motifs is 1. The Labute approximate surface area is 179 Å². The maximum Gasteiger partial charge on any atom is 0.260 e. The third-order valence-electron chi connectivity index (χ3n) is 5.03. The molecular weight excluding hydrogens is 402 g/mol. The molecule has 2 unspecified atom stereocenters. The summed E-state index contributed by atoms with van der Waals surface area (Å²) in [6, 6.07) is 7.68. The summed E-state index contributed by atoms with van der Waals surface area (Å²) in [6.45, 7) is 10.2. The highest BCUT2D eigenvalue weighted by Gasteiger charge is 2.20. The summed E-state index contributed by atoms with van der Waals surface area (Å²) in [6.07, 6.45) is 1.96. The number of rotatable bonds is 7. The Balaban J connectivity index is 1.79. The van der Waals surface area contributed by atoms with Crippen molar-refractivity contribution in [1.82, 2.24) is 9.97 Å². The van der Waals surface area contributed by atoms with Gasteiger partial charge in [0.25, 0.3) is 5.56 Å². The minimum Gasteiger partial charge on any atom is -0.325 e. The smallest absolute Gasteiger partial charge is 0.260 e. The maximum absolute atomic E-state index is 12.8. The first kappa shape index (κ1) is 21.6. The van der Waals surface area contributed by atoms with Gasteiger partial charge in [-0.1, -0.05) is 44.2 Å². The number of amides is 1. The van der Waals surface area contributed by atoms with Gasteiger partial charge in [-0.05, 0) is 56.4 Å². The summed E-state index contributed by atoms with van der Waals surface area (Å²) in [7, 11) is 0. The van der Waals surface area contributed by atoms with E-state index in [9.17, 15) is 9.59 Å². The molecule has 2 N–H and O–H groups in total. The van der Waals surface area contributed by atoms with E-state index in [0.29, 0.717) is 16.5 Å². The van der Waals surface area contributed by atoms with Crippen LogP contribution in [0.2, 0.25) is 0 Å². The molecule has 0 aliphatic rings. The Hall–Kier alpha value is -2.12. The van der Waals surface area contributed by atoms with Gasteiger partial charge < -0.3 is 10.3 Å². The van der Waals surface area contributed by atoms with Gasteiger partial charge >= 0.3 is 0 Å². The van der Waals surface area contributed by atoms with E-state index in [-0.39, 0.29) is 11.5 Å². The van der Waals surface area contributed by atoms with Crippen molar-refractivity contribution < 1.29 is 4.79 Å². The van der Waals surface area contributed by atoms with Gasteiger partial charge in [-0.15, -0.1) is 11.3 Å². The van der Waals surface area contributed by atoms with Crippen molar-refractivity contribution in [3.05, 3.63) is 50.6 Å². The quantitative estimate of drug-likeness (QED) is 0.394. The van der Waals surface area contributed by atoms with Crippen molar-refractivity contribution in [2.24, 2.45) is 5.92 Å². The van der Waals surface area contributed by atoms with Gasteiger partial charge in [-0.25, -0.2) is 4.98 Å². The van der Waals surface area contributed by atoms with E-state index in [4.69, 9.17) is 0 Å². The fraction of sp³-hybridized carbons (Fsp3) is 0.409. The number of thioether (sulfide) groups is 1. The average molecular weight is 430 g/mol. The minimum atomic E-state index is -0.392. The zero-order valence-electron chi connectivity index (χ0n) is 17.5. The van der Waals surface area contributed by atoms with Gasteiger partial charge in [0.2, 0.25) is 5.91 Å². The first-order valence-electron chi connectivity index (χ1n) is 9.85. The molecule has 0 spiro atoms. The zero-order valence-corrected chi connectivity index (χ0v) is 19.1. The third-order valence-corrected chi connectivity index (χ3v) is 7.06. The predicted molar refractivity (Wildman–Crippen MR) is 123 cm³/mol. The second-order valence-corrected chi connectivity index (χ2v) is 10.1. The molecule has 2 aromatic heterocycles. The Kier molecular flexibility index (Phi) is 6.80. The van der Waals surface area contributed by atoms with Crippen LogP contribution in [0.5, 0.6) is 0 Å². The summed E-state index contributed by atoms with van der Waals surface area (Å²) in [5.41, 5.74) is 2.84. The first-order chi connectivity index (χ1) is 13.8. The number of carbonyl (C=O) groups excluding carboxylic acids is 1. The molecule has 2 atom stereocenters. The van der Waals surface area contributed by atoms with E-state index in [2.05, 4.69) is 29.1 Å². The average Bonchev–Trinajstić information content (AvgIpc) is 2.97. The normalized spacial score (nSPS) is 13.4. The number of aromatic nitrogens is 2. The van der Waals surface area contributed by atoms with Crippen molar-refractivity contribution in [2.75, 3.05) is 5.32 Å². The second kappa shape index (κ2) is 9.13. The van der Waals surface area contributed by atoms with Crippen molar-refractivity contribution in [3.63, 3.8) is 0 Å². The Morgan fingerprint density at radius 2 is 2.07 bits per heavy atom. The van der Waals surface area contributed by atoms with Crippen LogP contribution in [0.25, 0.3) is 10.2 Å². The van der Waals surface area contributed by atoms with Gasteiger partial charge in [0, 0.05) is 10.6 Å². The molecule has 0 saturated carbocycles. The summed E-state index contributed by atoms with van der Waals surface area (Å²) < 4.78 is 0. The van der Waals surface area contributed by atoms with Crippen LogP contribution in [0.4, 0.5) is 5.69 Å². The topological polar surface area (TPSA) is 74.8 Å². The summed E-state index contributed by atoms with van der Waals surface area (Å²) >= 11 is 2.82. The number of thiophene rings is 1. The number of anilines is 1. The largest absolute Gasteiger partial charge is 0.325 e. The number of benzene rings is 1. The standard InChI is InChI=1S/C22H27N3O2S2/c1-6-12(2)11-17-14(4)28-21-18(17)20(27)24-22(25-21)29-15(5)19(26)23-16-9-7-8-13(3)10-16/h7-10,12,15H,6,11H2,1-5H3,(H,23,26)(H,24,25,27). The monoisotopic (exact) mass is 429 g/mol. The number of carbonyl (C=O) groups is 1. The van der Waals surface area contributed by atoms with E-state index < -0.39 is 5.25 Å². The van der Waals surface area contributed by atoms with E-state index in [0.717, 1.165) is 39.4 Å². The van der Waals surface area contributed by atoms with Crippen LogP contribution < -0.4 is 10.9 Å². The van der Waals surface area contributed by atoms with Gasteiger partial charge in [0.15, 0.2) is 5.16 Å². The van der Waals surface area contributed by atoms with Crippen LogP contribution in [0, 0.1) is 19.8 Å². The number of H-pyrrole nitrogens is 1. The first-order valence-corrected chi connectivity index (χ1v) is 11.5. The molecule has 3 rings (SSSR count). The summed E-state index contributed by atoms with van der Waals surface area (Å²) in [5.74, 6) is 0.397. The van der Waals surface area contributed by atoms with Crippen molar-refractivity contribution >= 4 is 44.9 Å². The van der Waals surface area contributed by atoms with Gasteiger partial charge in [-0.2, -0.15) is 0 Å². The lowest BCUT2D eigenvalue weighted by Crippen LogP contribution is -2.23. The number of hydrogen-bond acceptors (Lipinski definition) is 5. The van der Waals surface area contributed by atoms with Crippen molar-refractivity contribution in [3.8, 4) is 0 Å². The highest BCUT2D eigenvalue weighted by Crippen LogP contribution is 2.31. The molecule has 1 aromatic carbocycles. The Morgan fingerprint density at radius 1 is 1.31 bits per heavy atom. The highest BCUT2D eigenvalue weighted by atomic mass is 32.2. The highest BCUT2D eigenvalue weighted by molar-refractivity contribution is 8.00. The minimum absolute atomic E-state index is 0.119. The lowest BCUT2D eigenvalue weighted by atomic mass is 9.98. The SMILES string of the molecule is CCC(C)Cc1c(C)sc2nc(SC(C)C(=O)Nc3cccc(C)c3)[nH]c(=O)c12. The van der Waals surface area contributed by atoms with E-state index in [1.54, 1.807) is 11.3 Å². The van der Waals surface area contributed by atoms with E-state index in [1.165, 1.54) is 11.8 Å². The number of nitrogens with zero attached hydrogens (tertiary/aromatic N) is 1. The lowest BCUT2D eigenvalue weighted by molar-refractivity contribution is -0.115. The van der Waals surface area contributed by atoms with E-state index >= 15 is 0 Å². The van der Waals surface area contributed by atoms with Gasteiger partial charge in [-0.3, -0.25) is 9.59 Å². The molecule has 1 amide bonds. The summed E-state index contributed by atoms with van der Waals surface area (Å²) in [4.78, 5) is 34.7. The van der Waals surface area contributed by atoms with E-state index in [1.807, 2.05) is 45.0 Å². The van der Waals surface area contributed by atoms with Gasteiger partial charge in [0.1, 0.15) is 4.83 Å². The summed E-state index contributed by atoms with van der Waals surface area (Å²) in [5, 5.41) is 3.71. The van der Waals surface area contributed by atoms with Crippen LogP contribution in [-0.2, 0) is 11.2 Å². The third kappa shape index (κ3) is 5.08. The van der Waals surface area contributed by atoms with Crippen molar-refractivity contribution in [1.29, 1.82) is 0 Å². The van der Waals surface area contributed by atoms with Crippen LogP contribution in [0.15, 0.2) is 34.2 Å². The van der Waals surface area contributed by atoms with Crippen molar-refractivity contribution in [2.45, 2.75) is 57.9 Å². The van der Waals surface area contributed by atoms with Crippen LogP contribution in [0.3, 0.4) is 0 Å². The molecule has 0 radical (unpaired) electrons. The predicted octanol–water partition coefficient (Wildman–Crippen LogP) is 5.31. The number of nitrogens with one attached hydrogen (secondary N) is 2.